The molecule has 8 nitrogen and oxygen atoms in total. The van der Waals surface area contributed by atoms with Crippen molar-refractivity contribution in [3.8, 4) is 0 Å². The topological polar surface area (TPSA) is 102 Å². The van der Waals surface area contributed by atoms with Crippen molar-refractivity contribution in [2.24, 2.45) is 0 Å². The van der Waals surface area contributed by atoms with E-state index < -0.39 is 10.0 Å². The molecule has 106 valence electrons. The van der Waals surface area contributed by atoms with E-state index in [1.54, 1.807) is 18.5 Å². The summed E-state index contributed by atoms with van der Waals surface area (Å²) in [5.41, 5.74) is 0. The lowest BCUT2D eigenvalue weighted by Gasteiger charge is -2.03. The van der Waals surface area contributed by atoms with Crippen LogP contribution in [-0.2, 0) is 16.6 Å². The lowest BCUT2D eigenvalue weighted by molar-refractivity contribution is 0.387. The van der Waals surface area contributed by atoms with E-state index >= 15 is 0 Å². The summed E-state index contributed by atoms with van der Waals surface area (Å²) >= 11 is 7.18. The first-order valence-electron chi connectivity index (χ1n) is 5.37. The molecule has 0 saturated carbocycles. The predicted molar refractivity (Wildman–Crippen MR) is 71.1 cm³/mol. The zero-order valence-corrected chi connectivity index (χ0v) is 12.5. The lowest BCUT2D eigenvalue weighted by atomic mass is 10.6. The summed E-state index contributed by atoms with van der Waals surface area (Å²) in [5, 5.41) is 5.15. The average Bonchev–Trinajstić information content (AvgIpc) is 3.02. The van der Waals surface area contributed by atoms with Gasteiger partial charge in [0.25, 0.3) is 10.0 Å². The number of nitrogens with one attached hydrogen (secondary N) is 1. The van der Waals surface area contributed by atoms with E-state index in [2.05, 4.69) is 19.8 Å². The van der Waals surface area contributed by atoms with Crippen LogP contribution >= 0.6 is 22.9 Å². The van der Waals surface area contributed by atoms with Gasteiger partial charge in [-0.1, -0.05) is 16.8 Å². The van der Waals surface area contributed by atoms with Crippen LogP contribution in [0.1, 0.15) is 11.7 Å². The molecule has 0 aliphatic rings. The summed E-state index contributed by atoms with van der Waals surface area (Å²) in [6, 6.07) is 0. The van der Waals surface area contributed by atoms with Gasteiger partial charge in [-0.05, 0) is 0 Å². The molecule has 0 radical (unpaired) electrons. The molecule has 1 N–H and O–H groups in total. The van der Waals surface area contributed by atoms with Crippen molar-refractivity contribution in [1.29, 1.82) is 0 Å². The molecule has 3 aromatic heterocycles. The molecule has 11 heteroatoms. The van der Waals surface area contributed by atoms with Crippen LogP contribution < -0.4 is 4.72 Å². The third kappa shape index (κ3) is 2.30. The van der Waals surface area contributed by atoms with Gasteiger partial charge in [0.05, 0.1) is 6.54 Å². The number of imidazole rings is 1. The normalized spacial score (nSPS) is 12.3. The molecular formula is C9H8ClN5O3S2. The van der Waals surface area contributed by atoms with Gasteiger partial charge in [-0.15, -0.1) is 11.3 Å². The van der Waals surface area contributed by atoms with Crippen LogP contribution in [0.2, 0.25) is 5.15 Å². The van der Waals surface area contributed by atoms with Crippen LogP contribution in [0.25, 0.3) is 4.96 Å². The Kier molecular flexibility index (Phi) is 3.24. The van der Waals surface area contributed by atoms with Crippen LogP contribution in [0.3, 0.4) is 0 Å². The second-order valence-corrected chi connectivity index (χ2v) is 6.73. The maximum Gasteiger partial charge on any atom is 0.260 e. The first-order chi connectivity index (χ1) is 9.47. The van der Waals surface area contributed by atoms with Gasteiger partial charge in [0.2, 0.25) is 5.89 Å². The van der Waals surface area contributed by atoms with E-state index in [1.165, 1.54) is 15.7 Å². The minimum absolute atomic E-state index is 0.0753. The Morgan fingerprint density at radius 3 is 3.00 bits per heavy atom. The van der Waals surface area contributed by atoms with E-state index in [4.69, 9.17) is 16.1 Å². The van der Waals surface area contributed by atoms with Gasteiger partial charge in [0.15, 0.2) is 21.0 Å². The summed E-state index contributed by atoms with van der Waals surface area (Å²) in [7, 11) is -3.83. The number of nitrogens with zero attached hydrogens (tertiary/aromatic N) is 4. The Balaban J connectivity index is 1.91. The Labute approximate surface area is 122 Å². The largest absolute Gasteiger partial charge is 0.340 e. The average molecular weight is 334 g/mol. The van der Waals surface area contributed by atoms with Crippen molar-refractivity contribution in [1.82, 2.24) is 24.2 Å². The minimum Gasteiger partial charge on any atom is -0.340 e. The molecule has 0 amide bonds. The molecule has 3 rings (SSSR count). The molecule has 0 unspecified atom stereocenters. The standard InChI is InChI=1S/C9H8ClN5O3S2/c1-5-12-6(14-18-5)4-11-20(16,17)8-7(10)13-9-15(8)2-3-19-9/h2-3,11H,4H2,1H3. The SMILES string of the molecule is Cc1nc(CNS(=O)(=O)c2c(Cl)nc3sccn23)no1. The van der Waals surface area contributed by atoms with Gasteiger partial charge in [-0.3, -0.25) is 4.40 Å². The molecule has 0 fully saturated rings. The number of aryl methyl sites for hydroxylation is 1. The highest BCUT2D eigenvalue weighted by atomic mass is 35.5. The zero-order valence-electron chi connectivity index (χ0n) is 10.1. The van der Waals surface area contributed by atoms with Crippen molar-refractivity contribution in [3.63, 3.8) is 0 Å². The zero-order chi connectivity index (χ0) is 14.3. The second kappa shape index (κ2) is 4.81. The Hall–Kier alpha value is -1.49. The third-order valence-corrected chi connectivity index (χ3v) is 4.98. The highest BCUT2D eigenvalue weighted by molar-refractivity contribution is 7.89. The minimum atomic E-state index is -3.83. The van der Waals surface area contributed by atoms with E-state index in [-0.39, 0.29) is 22.5 Å². The number of rotatable bonds is 4. The van der Waals surface area contributed by atoms with Crippen LogP contribution in [0.4, 0.5) is 0 Å². The first-order valence-corrected chi connectivity index (χ1v) is 8.11. The van der Waals surface area contributed by atoms with Crippen LogP contribution in [0.5, 0.6) is 0 Å². The molecule has 0 aliphatic carbocycles. The van der Waals surface area contributed by atoms with Crippen LogP contribution in [0, 0.1) is 6.92 Å². The summed E-state index contributed by atoms with van der Waals surface area (Å²) in [6.07, 6.45) is 1.59. The first kappa shape index (κ1) is 13.5. The number of halogens is 1. The Bertz CT molecular complexity index is 865. The van der Waals surface area contributed by atoms with Crippen LogP contribution in [0.15, 0.2) is 21.1 Å². The molecule has 0 saturated heterocycles. The number of sulfonamides is 1. The van der Waals surface area contributed by atoms with E-state index in [9.17, 15) is 8.42 Å². The van der Waals surface area contributed by atoms with Crippen molar-refractivity contribution in [3.05, 3.63) is 28.4 Å². The van der Waals surface area contributed by atoms with E-state index in [1.807, 2.05) is 0 Å². The fourth-order valence-corrected chi connectivity index (χ4v) is 4.05. The monoisotopic (exact) mass is 333 g/mol. The van der Waals surface area contributed by atoms with Crippen molar-refractivity contribution < 1.29 is 12.9 Å². The number of hydrogen-bond acceptors (Lipinski definition) is 7. The summed E-state index contributed by atoms with van der Waals surface area (Å²) < 4.78 is 33.1. The molecule has 20 heavy (non-hydrogen) atoms. The van der Waals surface area contributed by atoms with Gasteiger partial charge in [0.1, 0.15) is 0 Å². The lowest BCUT2D eigenvalue weighted by Crippen LogP contribution is -2.25. The third-order valence-electron chi connectivity index (χ3n) is 2.42. The molecule has 0 aliphatic heterocycles. The van der Waals surface area contributed by atoms with Crippen molar-refractivity contribution in [2.75, 3.05) is 0 Å². The molecular weight excluding hydrogens is 326 g/mol. The number of hydrogen-bond donors (Lipinski definition) is 1. The summed E-state index contributed by atoms with van der Waals surface area (Å²) in [4.78, 5) is 8.39. The molecule has 0 aromatic carbocycles. The number of fused-ring (bicyclic) bond motifs is 1. The number of aromatic nitrogens is 4. The van der Waals surface area contributed by atoms with Gasteiger partial charge in [0, 0.05) is 18.5 Å². The highest BCUT2D eigenvalue weighted by Gasteiger charge is 2.25. The molecule has 0 bridgehead atoms. The Morgan fingerprint density at radius 2 is 2.30 bits per heavy atom. The van der Waals surface area contributed by atoms with Crippen LogP contribution in [-0.4, -0.2) is 27.9 Å². The van der Waals surface area contributed by atoms with E-state index in [0.717, 1.165) is 0 Å². The van der Waals surface area contributed by atoms with Gasteiger partial charge >= 0.3 is 0 Å². The maximum absolute atomic E-state index is 12.3. The smallest absolute Gasteiger partial charge is 0.260 e. The van der Waals surface area contributed by atoms with Crippen molar-refractivity contribution in [2.45, 2.75) is 18.5 Å². The predicted octanol–water partition coefficient (Wildman–Crippen LogP) is 1.22. The quantitative estimate of drug-likeness (QED) is 0.770. The van der Waals surface area contributed by atoms with Gasteiger partial charge < -0.3 is 4.52 Å². The fraction of sp³-hybridized carbons (Fsp3) is 0.222. The summed E-state index contributed by atoms with van der Waals surface area (Å²) in [5.74, 6) is 0.607. The fourth-order valence-electron chi connectivity index (χ4n) is 1.62. The maximum atomic E-state index is 12.3. The van der Waals surface area contributed by atoms with Crippen molar-refractivity contribution >= 4 is 37.9 Å². The highest BCUT2D eigenvalue weighted by Crippen LogP contribution is 2.25. The Morgan fingerprint density at radius 1 is 1.50 bits per heavy atom. The van der Waals surface area contributed by atoms with E-state index in [0.29, 0.717) is 10.9 Å². The second-order valence-electron chi connectivity index (χ2n) is 3.82. The van der Waals surface area contributed by atoms with Gasteiger partial charge in [-0.25, -0.2) is 18.1 Å². The molecule has 3 heterocycles. The summed E-state index contributed by atoms with van der Waals surface area (Å²) in [6.45, 7) is 1.53. The van der Waals surface area contributed by atoms with Gasteiger partial charge in [-0.2, -0.15) is 4.98 Å². The molecule has 3 aromatic rings. The molecule has 0 atom stereocenters. The molecule has 0 spiro atoms. The number of thiazole rings is 1.